The summed E-state index contributed by atoms with van der Waals surface area (Å²) in [4.78, 5) is 15.0. The highest BCUT2D eigenvalue weighted by atomic mass is 32.2. The van der Waals surface area contributed by atoms with Gasteiger partial charge in [-0.25, -0.2) is 8.42 Å². The molecule has 1 atom stereocenters. The molecule has 2 fully saturated rings. The Bertz CT molecular complexity index is 667. The molecule has 2 saturated heterocycles. The number of carbonyl (C=O) groups excluding carboxylic acids is 1. The number of hydrogen-bond acceptors (Lipinski definition) is 3. The molecule has 0 spiro atoms. The predicted molar refractivity (Wildman–Crippen MR) is 92.9 cm³/mol. The van der Waals surface area contributed by atoms with Crippen molar-refractivity contribution in [1.82, 2.24) is 9.21 Å². The molecule has 0 aliphatic carbocycles. The Morgan fingerprint density at radius 3 is 2.38 bits per heavy atom. The van der Waals surface area contributed by atoms with E-state index in [9.17, 15) is 13.2 Å². The predicted octanol–water partition coefficient (Wildman–Crippen LogP) is 2.35. The normalized spacial score (nSPS) is 24.0. The molecule has 5 nitrogen and oxygen atoms in total. The van der Waals surface area contributed by atoms with Crippen LogP contribution in [0.3, 0.4) is 0 Å². The number of sulfonamides is 1. The van der Waals surface area contributed by atoms with Crippen LogP contribution in [0.4, 0.5) is 0 Å². The number of likely N-dealkylation sites (tertiary alicyclic amines) is 1. The van der Waals surface area contributed by atoms with Crippen LogP contribution in [0.15, 0.2) is 35.2 Å². The van der Waals surface area contributed by atoms with E-state index in [0.717, 1.165) is 38.8 Å². The van der Waals surface area contributed by atoms with E-state index in [0.29, 0.717) is 23.9 Å². The first-order chi connectivity index (χ1) is 11.5. The van der Waals surface area contributed by atoms with Crippen molar-refractivity contribution in [2.45, 2.75) is 37.5 Å². The molecule has 24 heavy (non-hydrogen) atoms. The van der Waals surface area contributed by atoms with Crippen LogP contribution in [0.5, 0.6) is 0 Å². The van der Waals surface area contributed by atoms with E-state index in [4.69, 9.17) is 0 Å². The largest absolute Gasteiger partial charge is 0.342 e. The van der Waals surface area contributed by atoms with Gasteiger partial charge in [-0.2, -0.15) is 4.31 Å². The van der Waals surface area contributed by atoms with Gasteiger partial charge in [0.2, 0.25) is 15.9 Å². The van der Waals surface area contributed by atoms with Gasteiger partial charge < -0.3 is 4.90 Å². The van der Waals surface area contributed by atoms with Crippen molar-refractivity contribution in [1.29, 1.82) is 0 Å². The van der Waals surface area contributed by atoms with Crippen molar-refractivity contribution in [2.75, 3.05) is 26.2 Å². The van der Waals surface area contributed by atoms with Crippen LogP contribution in [0, 0.1) is 11.8 Å². The van der Waals surface area contributed by atoms with Crippen LogP contribution < -0.4 is 0 Å². The minimum absolute atomic E-state index is 0.134. The van der Waals surface area contributed by atoms with Gasteiger partial charge in [0.15, 0.2) is 0 Å². The molecule has 2 heterocycles. The van der Waals surface area contributed by atoms with Crippen molar-refractivity contribution in [3.63, 3.8) is 0 Å². The number of rotatable bonds is 3. The summed E-state index contributed by atoms with van der Waals surface area (Å²) in [5.41, 5.74) is 0. The quantitative estimate of drug-likeness (QED) is 0.841. The molecule has 2 aliphatic rings. The first-order valence-electron chi connectivity index (χ1n) is 8.82. The van der Waals surface area contributed by atoms with Gasteiger partial charge in [0.25, 0.3) is 0 Å². The van der Waals surface area contributed by atoms with E-state index in [1.807, 2.05) is 4.90 Å². The molecule has 1 aromatic carbocycles. The van der Waals surface area contributed by atoms with Crippen LogP contribution in [0.25, 0.3) is 0 Å². The highest BCUT2D eigenvalue weighted by molar-refractivity contribution is 7.89. The number of hydrogen-bond donors (Lipinski definition) is 0. The molecule has 0 N–H and O–H groups in total. The smallest absolute Gasteiger partial charge is 0.243 e. The molecule has 1 amide bonds. The summed E-state index contributed by atoms with van der Waals surface area (Å²) < 4.78 is 27.0. The number of carbonyl (C=O) groups is 1. The monoisotopic (exact) mass is 350 g/mol. The Morgan fingerprint density at radius 1 is 1.04 bits per heavy atom. The van der Waals surface area contributed by atoms with Gasteiger partial charge in [0.05, 0.1) is 10.8 Å². The fourth-order valence-corrected chi connectivity index (χ4v) is 5.14. The molecule has 3 rings (SSSR count). The number of amides is 1. The lowest BCUT2D eigenvalue weighted by Gasteiger charge is -2.36. The maximum absolute atomic E-state index is 12.8. The topological polar surface area (TPSA) is 57.7 Å². The molecule has 2 aliphatic heterocycles. The van der Waals surface area contributed by atoms with Crippen LogP contribution in [0.1, 0.15) is 32.6 Å². The minimum Gasteiger partial charge on any atom is -0.342 e. The maximum atomic E-state index is 12.8. The van der Waals surface area contributed by atoms with E-state index in [2.05, 4.69) is 6.92 Å². The number of benzene rings is 1. The molecule has 0 aromatic heterocycles. The first-order valence-corrected chi connectivity index (χ1v) is 10.3. The molecule has 0 radical (unpaired) electrons. The first kappa shape index (κ1) is 17.4. The summed E-state index contributed by atoms with van der Waals surface area (Å²) in [5, 5.41) is 0. The third kappa shape index (κ3) is 3.64. The summed E-state index contributed by atoms with van der Waals surface area (Å²) in [5.74, 6) is 0.607. The highest BCUT2D eigenvalue weighted by Gasteiger charge is 2.35. The molecule has 0 bridgehead atoms. The van der Waals surface area contributed by atoms with E-state index in [1.54, 1.807) is 30.3 Å². The van der Waals surface area contributed by atoms with Gasteiger partial charge >= 0.3 is 0 Å². The van der Waals surface area contributed by atoms with Gasteiger partial charge in [-0.05, 0) is 43.7 Å². The SMILES string of the molecule is CC1CCN(C(=O)C2CCCN(S(=O)(=O)c3ccccc3)C2)CC1. The lowest BCUT2D eigenvalue weighted by atomic mass is 9.94. The minimum atomic E-state index is -3.51. The van der Waals surface area contributed by atoms with Crippen molar-refractivity contribution in [3.8, 4) is 0 Å². The Kier molecular flexibility index (Phi) is 5.25. The van der Waals surface area contributed by atoms with Crippen LogP contribution in [-0.2, 0) is 14.8 Å². The van der Waals surface area contributed by atoms with Crippen LogP contribution in [-0.4, -0.2) is 49.7 Å². The standard InChI is InChI=1S/C18H26N2O3S/c1-15-9-12-19(13-10-15)18(21)16-6-5-11-20(14-16)24(22,23)17-7-3-2-4-8-17/h2-4,7-8,15-16H,5-6,9-14H2,1H3. The van der Waals surface area contributed by atoms with Gasteiger partial charge in [0, 0.05) is 26.2 Å². The maximum Gasteiger partial charge on any atom is 0.243 e. The van der Waals surface area contributed by atoms with Crippen molar-refractivity contribution < 1.29 is 13.2 Å². The fraction of sp³-hybridized carbons (Fsp3) is 0.611. The zero-order valence-electron chi connectivity index (χ0n) is 14.2. The molecular weight excluding hydrogens is 324 g/mol. The second kappa shape index (κ2) is 7.23. The van der Waals surface area contributed by atoms with E-state index in [-0.39, 0.29) is 11.8 Å². The second-order valence-corrected chi connectivity index (χ2v) is 8.96. The molecule has 1 aromatic rings. The summed E-state index contributed by atoms with van der Waals surface area (Å²) in [6, 6.07) is 8.50. The zero-order valence-corrected chi connectivity index (χ0v) is 15.0. The summed E-state index contributed by atoms with van der Waals surface area (Å²) in [7, 11) is -3.51. The summed E-state index contributed by atoms with van der Waals surface area (Å²) >= 11 is 0. The Labute approximate surface area is 144 Å². The van der Waals surface area contributed by atoms with Crippen molar-refractivity contribution in [3.05, 3.63) is 30.3 Å². The van der Waals surface area contributed by atoms with E-state index >= 15 is 0 Å². The molecular formula is C18H26N2O3S. The Hall–Kier alpha value is -1.40. The molecule has 0 saturated carbocycles. The highest BCUT2D eigenvalue weighted by Crippen LogP contribution is 2.26. The molecule has 132 valence electrons. The van der Waals surface area contributed by atoms with Gasteiger partial charge in [-0.1, -0.05) is 25.1 Å². The van der Waals surface area contributed by atoms with Crippen LogP contribution >= 0.6 is 0 Å². The Morgan fingerprint density at radius 2 is 1.71 bits per heavy atom. The zero-order chi connectivity index (χ0) is 17.2. The second-order valence-electron chi connectivity index (χ2n) is 7.02. The molecule has 1 unspecified atom stereocenters. The Balaban J connectivity index is 1.69. The number of nitrogens with zero attached hydrogens (tertiary/aromatic N) is 2. The van der Waals surface area contributed by atoms with Crippen molar-refractivity contribution >= 4 is 15.9 Å². The summed E-state index contributed by atoms with van der Waals surface area (Å²) in [6.07, 6.45) is 3.62. The lowest BCUT2D eigenvalue weighted by molar-refractivity contribution is -0.138. The fourth-order valence-electron chi connectivity index (χ4n) is 3.59. The van der Waals surface area contributed by atoms with Gasteiger partial charge in [0.1, 0.15) is 0 Å². The van der Waals surface area contributed by atoms with Gasteiger partial charge in [-0.15, -0.1) is 0 Å². The van der Waals surface area contributed by atoms with Crippen LogP contribution in [0.2, 0.25) is 0 Å². The third-order valence-electron chi connectivity index (χ3n) is 5.21. The van der Waals surface area contributed by atoms with E-state index in [1.165, 1.54) is 4.31 Å². The average molecular weight is 350 g/mol. The van der Waals surface area contributed by atoms with E-state index < -0.39 is 10.0 Å². The third-order valence-corrected chi connectivity index (χ3v) is 7.09. The molecule has 6 heteroatoms. The summed E-state index contributed by atoms with van der Waals surface area (Å²) in [6.45, 7) is 4.64. The van der Waals surface area contributed by atoms with Gasteiger partial charge in [-0.3, -0.25) is 4.79 Å². The number of piperidine rings is 2. The van der Waals surface area contributed by atoms with Crippen molar-refractivity contribution in [2.24, 2.45) is 11.8 Å². The lowest BCUT2D eigenvalue weighted by Crippen LogP contribution is -2.48. The average Bonchev–Trinajstić information content (AvgIpc) is 2.62.